The van der Waals surface area contributed by atoms with Crippen LogP contribution in [0.15, 0.2) is 64.9 Å². The van der Waals surface area contributed by atoms with Gasteiger partial charge in [0.25, 0.3) is 10.0 Å². The number of ether oxygens (including phenoxy) is 1. The molecule has 1 amide bonds. The van der Waals surface area contributed by atoms with Gasteiger partial charge in [-0.2, -0.15) is 17.5 Å². The van der Waals surface area contributed by atoms with E-state index in [1.165, 1.54) is 28.6 Å². The Balaban J connectivity index is 1.34. The van der Waals surface area contributed by atoms with E-state index in [0.717, 1.165) is 29.0 Å². The third-order valence-electron chi connectivity index (χ3n) is 5.67. The number of sulfonamides is 1. The summed E-state index contributed by atoms with van der Waals surface area (Å²) in [5, 5.41) is 2.79. The second-order valence-electron chi connectivity index (χ2n) is 8.18. The normalized spacial score (nSPS) is 16.7. The van der Waals surface area contributed by atoms with Crippen LogP contribution in [-0.4, -0.2) is 31.2 Å². The number of rotatable bonds is 8. The highest BCUT2D eigenvalue weighted by atomic mass is 35.5. The smallest absolute Gasteiger partial charge is 0.416 e. The second-order valence-corrected chi connectivity index (χ2v) is 12.0. The van der Waals surface area contributed by atoms with Crippen LogP contribution in [0.1, 0.15) is 29.5 Å². The van der Waals surface area contributed by atoms with Crippen molar-refractivity contribution in [1.29, 1.82) is 0 Å². The Kier molecular flexibility index (Phi) is 7.93. The van der Waals surface area contributed by atoms with Gasteiger partial charge in [0.15, 0.2) is 0 Å². The fourth-order valence-corrected chi connectivity index (χ4v) is 7.12. The van der Waals surface area contributed by atoms with E-state index in [0.29, 0.717) is 28.5 Å². The first-order chi connectivity index (χ1) is 17.0. The monoisotopic (exact) mass is 558 g/mol. The molecule has 0 unspecified atom stereocenters. The first-order valence-electron chi connectivity index (χ1n) is 11.0. The van der Waals surface area contributed by atoms with Gasteiger partial charge in [-0.05, 0) is 60.4 Å². The van der Waals surface area contributed by atoms with Gasteiger partial charge in [-0.15, -0.1) is 11.3 Å². The topological polar surface area (TPSA) is 75.7 Å². The minimum atomic E-state index is -4.39. The number of benzene rings is 2. The molecule has 2 aromatic carbocycles. The standard InChI is InChI=1S/C24H22ClF3N2O4S2/c25-21-10-11-22(35-21)36(32,33)30-12-2-5-20(30)23(31)29-14-17-3-1-4-19(13-17)34-15-16-6-8-18(9-7-16)24(26,27)28/h1,3-4,6-11,13,20H,2,5,12,14-15H2,(H,29,31)/t20-/m0/s1. The Morgan fingerprint density at radius 3 is 2.53 bits per heavy atom. The first-order valence-corrected chi connectivity index (χ1v) is 13.6. The largest absolute Gasteiger partial charge is 0.489 e. The maximum atomic E-state index is 13.0. The maximum absolute atomic E-state index is 13.0. The van der Waals surface area contributed by atoms with Crippen LogP contribution < -0.4 is 10.1 Å². The molecule has 12 heteroatoms. The molecule has 6 nitrogen and oxygen atoms in total. The molecule has 192 valence electrons. The molecular formula is C24H22ClF3N2O4S2. The lowest BCUT2D eigenvalue weighted by molar-refractivity contribution is -0.137. The second kappa shape index (κ2) is 10.8. The van der Waals surface area contributed by atoms with Crippen molar-refractivity contribution in [2.75, 3.05) is 6.54 Å². The Morgan fingerprint density at radius 2 is 1.86 bits per heavy atom. The number of carbonyl (C=O) groups excluding carboxylic acids is 1. The van der Waals surface area contributed by atoms with Gasteiger partial charge in [0.2, 0.25) is 5.91 Å². The van der Waals surface area contributed by atoms with Crippen LogP contribution >= 0.6 is 22.9 Å². The van der Waals surface area contributed by atoms with E-state index in [-0.39, 0.29) is 23.9 Å². The summed E-state index contributed by atoms with van der Waals surface area (Å²) >= 11 is 6.84. The van der Waals surface area contributed by atoms with Crippen molar-refractivity contribution >= 4 is 38.9 Å². The van der Waals surface area contributed by atoms with Crippen LogP contribution in [0.25, 0.3) is 0 Å². The van der Waals surface area contributed by atoms with Crippen molar-refractivity contribution in [3.8, 4) is 5.75 Å². The molecule has 1 aliphatic heterocycles. The molecule has 1 aromatic heterocycles. The number of thiophene rings is 1. The Hall–Kier alpha value is -2.60. The van der Waals surface area contributed by atoms with Crippen molar-refractivity contribution in [2.24, 2.45) is 0 Å². The van der Waals surface area contributed by atoms with Crippen LogP contribution in [0, 0.1) is 0 Å². The van der Waals surface area contributed by atoms with Gasteiger partial charge in [0, 0.05) is 13.1 Å². The molecule has 4 rings (SSSR count). The van der Waals surface area contributed by atoms with E-state index < -0.39 is 33.7 Å². The number of amides is 1. The summed E-state index contributed by atoms with van der Waals surface area (Å²) in [6.07, 6.45) is -3.40. The Labute approximate surface area is 215 Å². The van der Waals surface area contributed by atoms with Gasteiger partial charge in [-0.25, -0.2) is 8.42 Å². The highest BCUT2D eigenvalue weighted by molar-refractivity contribution is 7.91. The van der Waals surface area contributed by atoms with E-state index in [2.05, 4.69) is 5.32 Å². The number of alkyl halides is 3. The van der Waals surface area contributed by atoms with Crippen molar-refractivity contribution in [2.45, 2.75) is 42.4 Å². The average Bonchev–Trinajstić information content (AvgIpc) is 3.51. The molecule has 1 aliphatic rings. The highest BCUT2D eigenvalue weighted by Crippen LogP contribution is 2.32. The van der Waals surface area contributed by atoms with Crippen LogP contribution in [0.2, 0.25) is 4.34 Å². The lowest BCUT2D eigenvalue weighted by atomic mass is 10.1. The number of hydrogen-bond donors (Lipinski definition) is 1. The molecular weight excluding hydrogens is 537 g/mol. The van der Waals surface area contributed by atoms with E-state index in [1.807, 2.05) is 0 Å². The van der Waals surface area contributed by atoms with E-state index in [1.54, 1.807) is 24.3 Å². The molecule has 3 aromatic rings. The average molecular weight is 559 g/mol. The van der Waals surface area contributed by atoms with Crippen molar-refractivity contribution in [3.05, 3.63) is 81.7 Å². The summed E-state index contributed by atoms with van der Waals surface area (Å²) in [7, 11) is -3.82. The van der Waals surface area contributed by atoms with Crippen LogP contribution in [0.3, 0.4) is 0 Å². The maximum Gasteiger partial charge on any atom is 0.416 e. The van der Waals surface area contributed by atoms with Crippen LogP contribution in [-0.2, 0) is 34.1 Å². The third-order valence-corrected chi connectivity index (χ3v) is 9.28. The van der Waals surface area contributed by atoms with Gasteiger partial charge in [-0.3, -0.25) is 4.79 Å². The van der Waals surface area contributed by atoms with E-state index in [9.17, 15) is 26.4 Å². The molecule has 1 atom stereocenters. The summed E-state index contributed by atoms with van der Waals surface area (Å²) < 4.78 is 71.4. The van der Waals surface area contributed by atoms with Crippen LogP contribution in [0.5, 0.6) is 5.75 Å². The molecule has 0 bridgehead atoms. The number of carbonyl (C=O) groups is 1. The molecule has 36 heavy (non-hydrogen) atoms. The molecule has 0 aliphatic carbocycles. The van der Waals surface area contributed by atoms with Gasteiger partial charge in [-0.1, -0.05) is 35.9 Å². The summed E-state index contributed by atoms with van der Waals surface area (Å²) in [5.41, 5.74) is 0.582. The van der Waals surface area contributed by atoms with E-state index in [4.69, 9.17) is 16.3 Å². The Morgan fingerprint density at radius 1 is 1.11 bits per heavy atom. The van der Waals surface area contributed by atoms with Gasteiger partial charge < -0.3 is 10.1 Å². The molecule has 1 saturated heterocycles. The summed E-state index contributed by atoms with van der Waals surface area (Å²) in [6, 6.07) is 13.8. The number of halogens is 4. The van der Waals surface area contributed by atoms with Crippen molar-refractivity contribution in [3.63, 3.8) is 0 Å². The first kappa shape index (κ1) is 26.5. The number of nitrogens with one attached hydrogen (secondary N) is 1. The predicted octanol–water partition coefficient (Wildman–Crippen LogP) is 5.47. The fourth-order valence-electron chi connectivity index (χ4n) is 3.85. The molecule has 1 N–H and O–H groups in total. The molecule has 2 heterocycles. The third kappa shape index (κ3) is 6.20. The zero-order valence-corrected chi connectivity index (χ0v) is 21.2. The minimum absolute atomic E-state index is 0.0789. The summed E-state index contributed by atoms with van der Waals surface area (Å²) in [5.74, 6) is 0.0936. The number of hydrogen-bond acceptors (Lipinski definition) is 5. The zero-order valence-electron chi connectivity index (χ0n) is 18.8. The molecule has 0 saturated carbocycles. The van der Waals surface area contributed by atoms with Crippen LogP contribution in [0.4, 0.5) is 13.2 Å². The Bertz CT molecular complexity index is 1330. The fraction of sp³-hybridized carbons (Fsp3) is 0.292. The van der Waals surface area contributed by atoms with Gasteiger partial charge in [0.1, 0.15) is 22.6 Å². The minimum Gasteiger partial charge on any atom is -0.489 e. The summed E-state index contributed by atoms with van der Waals surface area (Å²) in [6.45, 7) is 0.490. The highest BCUT2D eigenvalue weighted by Gasteiger charge is 2.40. The SMILES string of the molecule is O=C(NCc1cccc(OCc2ccc(C(F)(F)F)cc2)c1)[C@@H]1CCCN1S(=O)(=O)c1ccc(Cl)s1. The lowest BCUT2D eigenvalue weighted by Crippen LogP contribution is -2.45. The van der Waals surface area contributed by atoms with Gasteiger partial charge >= 0.3 is 6.18 Å². The van der Waals surface area contributed by atoms with Crippen molar-refractivity contribution in [1.82, 2.24) is 9.62 Å². The van der Waals surface area contributed by atoms with Gasteiger partial charge in [0.05, 0.1) is 9.90 Å². The number of nitrogens with zero attached hydrogens (tertiary/aromatic N) is 1. The predicted molar refractivity (Wildman–Crippen MR) is 130 cm³/mol. The molecule has 0 radical (unpaired) electrons. The zero-order chi connectivity index (χ0) is 25.9. The molecule has 0 spiro atoms. The van der Waals surface area contributed by atoms with E-state index >= 15 is 0 Å². The molecule has 1 fully saturated rings. The lowest BCUT2D eigenvalue weighted by Gasteiger charge is -2.22. The quantitative estimate of drug-likeness (QED) is 0.398. The van der Waals surface area contributed by atoms with Crippen molar-refractivity contribution < 1.29 is 31.1 Å². The summed E-state index contributed by atoms with van der Waals surface area (Å²) in [4.78, 5) is 12.9.